The van der Waals surface area contributed by atoms with Gasteiger partial charge in [-0.3, -0.25) is 4.79 Å². The van der Waals surface area contributed by atoms with Gasteiger partial charge in [-0.2, -0.15) is 0 Å². The predicted octanol–water partition coefficient (Wildman–Crippen LogP) is 22.2. The highest BCUT2D eigenvalue weighted by molar-refractivity contribution is 5.76. The quantitative estimate of drug-likeness (QED) is 0.0261. The van der Waals surface area contributed by atoms with E-state index in [1.165, 1.54) is 340 Å². The molecule has 6 N–H and O–H groups in total. The van der Waals surface area contributed by atoms with Crippen molar-refractivity contribution in [1.29, 1.82) is 0 Å². The van der Waals surface area contributed by atoms with Crippen LogP contribution in [0.15, 0.2) is 36.5 Å². The molecular formula is C79H151NO8. The number of allylic oxidation sites excluding steroid dienone is 5. The molecule has 1 aliphatic rings. The Balaban J connectivity index is 2.07. The second-order valence-electron chi connectivity index (χ2n) is 27.5. The first-order valence-corrected chi connectivity index (χ1v) is 39.2. The molecule has 1 amide bonds. The number of amides is 1. The molecule has 1 aliphatic heterocycles. The van der Waals surface area contributed by atoms with E-state index < -0.39 is 49.5 Å². The van der Waals surface area contributed by atoms with Crippen LogP contribution in [0.25, 0.3) is 0 Å². The van der Waals surface area contributed by atoms with E-state index >= 15 is 0 Å². The second-order valence-corrected chi connectivity index (χ2v) is 27.5. The molecule has 0 radical (unpaired) electrons. The van der Waals surface area contributed by atoms with Gasteiger partial charge in [-0.1, -0.05) is 384 Å². The molecule has 9 heteroatoms. The summed E-state index contributed by atoms with van der Waals surface area (Å²) in [4.78, 5) is 13.2. The van der Waals surface area contributed by atoms with Crippen LogP contribution >= 0.6 is 0 Å². The minimum absolute atomic E-state index is 0.168. The van der Waals surface area contributed by atoms with Crippen molar-refractivity contribution in [1.82, 2.24) is 5.32 Å². The third-order valence-corrected chi connectivity index (χ3v) is 19.0. The van der Waals surface area contributed by atoms with Gasteiger partial charge >= 0.3 is 0 Å². The number of ether oxygens (including phenoxy) is 2. The molecule has 0 aliphatic carbocycles. The van der Waals surface area contributed by atoms with Crippen molar-refractivity contribution in [2.75, 3.05) is 13.2 Å². The topological polar surface area (TPSA) is 149 Å². The first kappa shape index (κ1) is 84.4. The van der Waals surface area contributed by atoms with Gasteiger partial charge in [0.25, 0.3) is 0 Å². The van der Waals surface area contributed by atoms with E-state index in [1.54, 1.807) is 6.08 Å². The molecule has 520 valence electrons. The summed E-state index contributed by atoms with van der Waals surface area (Å²) in [5.74, 6) is -0.168. The number of hydrogen-bond donors (Lipinski definition) is 6. The highest BCUT2D eigenvalue weighted by atomic mass is 16.7. The fourth-order valence-corrected chi connectivity index (χ4v) is 12.8. The summed E-state index contributed by atoms with van der Waals surface area (Å²) >= 11 is 0. The Morgan fingerprint density at radius 2 is 0.670 bits per heavy atom. The normalized spacial score (nSPS) is 18.0. The van der Waals surface area contributed by atoms with Gasteiger partial charge in [0.05, 0.1) is 25.4 Å². The lowest BCUT2D eigenvalue weighted by molar-refractivity contribution is -0.302. The van der Waals surface area contributed by atoms with Crippen molar-refractivity contribution >= 4 is 5.91 Å². The SMILES string of the molecule is CCCCCCC/C=C\C/C=C\CCCCCCCCCCCCCCCCCCCCCCCCCC(=O)NC(COC1OC(CO)C(O)C(O)C1O)C(O)/C=C/CCCCCCCCCCCCCCCCCCCCCCCCCCCCCC. The fourth-order valence-electron chi connectivity index (χ4n) is 12.8. The molecular weight excluding hydrogens is 1090 g/mol. The third-order valence-electron chi connectivity index (χ3n) is 19.0. The van der Waals surface area contributed by atoms with Crippen LogP contribution in [0.3, 0.4) is 0 Å². The minimum atomic E-state index is -1.57. The maximum atomic E-state index is 13.2. The highest BCUT2D eigenvalue weighted by Gasteiger charge is 2.44. The zero-order valence-corrected chi connectivity index (χ0v) is 58.5. The van der Waals surface area contributed by atoms with E-state index in [9.17, 15) is 30.3 Å². The lowest BCUT2D eigenvalue weighted by atomic mass is 9.99. The Hall–Kier alpha value is -1.59. The molecule has 7 unspecified atom stereocenters. The van der Waals surface area contributed by atoms with Crippen molar-refractivity contribution in [2.24, 2.45) is 0 Å². The summed E-state index contributed by atoms with van der Waals surface area (Å²) in [7, 11) is 0. The third kappa shape index (κ3) is 56.0. The average Bonchev–Trinajstić information content (AvgIpc) is 3.65. The molecule has 1 saturated heterocycles. The molecule has 0 spiro atoms. The van der Waals surface area contributed by atoms with Crippen molar-refractivity contribution < 1.29 is 39.8 Å². The van der Waals surface area contributed by atoms with E-state index in [2.05, 4.69) is 43.5 Å². The maximum absolute atomic E-state index is 13.2. The molecule has 7 atom stereocenters. The molecule has 0 aromatic carbocycles. The Labute approximate surface area is 546 Å². The molecule has 0 aromatic rings. The number of aliphatic hydroxyl groups excluding tert-OH is 5. The lowest BCUT2D eigenvalue weighted by Crippen LogP contribution is -2.60. The van der Waals surface area contributed by atoms with Gasteiger partial charge in [-0.05, 0) is 51.4 Å². The Bertz CT molecular complexity index is 1490. The number of rotatable bonds is 70. The molecule has 0 aromatic heterocycles. The van der Waals surface area contributed by atoms with Crippen molar-refractivity contribution in [3.05, 3.63) is 36.5 Å². The molecule has 1 heterocycles. The van der Waals surface area contributed by atoms with Gasteiger partial charge in [0, 0.05) is 6.42 Å². The van der Waals surface area contributed by atoms with Crippen molar-refractivity contribution in [3.8, 4) is 0 Å². The van der Waals surface area contributed by atoms with E-state index in [-0.39, 0.29) is 12.5 Å². The van der Waals surface area contributed by atoms with Gasteiger partial charge in [0.2, 0.25) is 5.91 Å². The standard InChI is InChI=1S/C79H151NO8/c1-3-5-7-9-11-13-15-17-19-21-23-25-27-29-31-33-35-36-37-38-39-41-43-45-47-49-51-53-55-57-59-61-63-65-67-69-75(83)80-72(71-87-79-78(86)77(85)76(84)74(70-81)88-79)73(82)68-66-64-62-60-58-56-54-52-50-48-46-44-42-40-34-32-30-28-26-24-22-20-18-16-14-12-10-8-6-4-2/h15,17,21,23,66,68,72-74,76-79,81-82,84-86H,3-14,16,18-20,22,24-65,67,69-71H2,1-2H3,(H,80,83)/b17-15-,23-21-,68-66+. The van der Waals surface area contributed by atoms with Gasteiger partial charge < -0.3 is 40.3 Å². The van der Waals surface area contributed by atoms with Crippen molar-refractivity contribution in [2.45, 2.75) is 448 Å². The first-order valence-electron chi connectivity index (χ1n) is 39.2. The average molecular weight is 1240 g/mol. The Morgan fingerprint density at radius 3 is 0.977 bits per heavy atom. The number of unbranched alkanes of at least 4 members (excludes halogenated alkanes) is 56. The summed E-state index contributed by atoms with van der Waals surface area (Å²) in [5, 5.41) is 54.9. The number of carbonyl (C=O) groups is 1. The van der Waals surface area contributed by atoms with Gasteiger partial charge in [-0.25, -0.2) is 0 Å². The summed E-state index contributed by atoms with van der Waals surface area (Å²) in [6.07, 6.45) is 85.7. The molecule has 88 heavy (non-hydrogen) atoms. The van der Waals surface area contributed by atoms with Gasteiger partial charge in [0.1, 0.15) is 24.4 Å². The minimum Gasteiger partial charge on any atom is -0.394 e. The van der Waals surface area contributed by atoms with Gasteiger partial charge in [-0.15, -0.1) is 0 Å². The Kier molecular flexibility index (Phi) is 65.5. The lowest BCUT2D eigenvalue weighted by Gasteiger charge is -2.40. The predicted molar refractivity (Wildman–Crippen MR) is 378 cm³/mol. The summed E-state index contributed by atoms with van der Waals surface area (Å²) in [5.41, 5.74) is 0. The molecule has 0 bridgehead atoms. The molecule has 9 nitrogen and oxygen atoms in total. The molecule has 1 fully saturated rings. The largest absolute Gasteiger partial charge is 0.394 e. The number of hydrogen-bond acceptors (Lipinski definition) is 8. The molecule has 1 rings (SSSR count). The van der Waals surface area contributed by atoms with E-state index in [0.717, 1.165) is 44.9 Å². The number of nitrogens with one attached hydrogen (secondary N) is 1. The van der Waals surface area contributed by atoms with Crippen LogP contribution in [0.5, 0.6) is 0 Å². The monoisotopic (exact) mass is 1240 g/mol. The van der Waals surface area contributed by atoms with Crippen LogP contribution < -0.4 is 5.32 Å². The van der Waals surface area contributed by atoms with Crippen LogP contribution in [-0.4, -0.2) is 87.5 Å². The summed E-state index contributed by atoms with van der Waals surface area (Å²) in [6.45, 7) is 3.83. The zero-order valence-electron chi connectivity index (χ0n) is 58.5. The van der Waals surface area contributed by atoms with E-state index in [1.807, 2.05) is 6.08 Å². The van der Waals surface area contributed by atoms with Gasteiger partial charge in [0.15, 0.2) is 6.29 Å². The zero-order chi connectivity index (χ0) is 63.5. The number of aliphatic hydroxyl groups is 5. The van der Waals surface area contributed by atoms with Crippen molar-refractivity contribution in [3.63, 3.8) is 0 Å². The van der Waals surface area contributed by atoms with E-state index in [4.69, 9.17) is 9.47 Å². The number of carbonyl (C=O) groups excluding carboxylic acids is 1. The van der Waals surface area contributed by atoms with Crippen LogP contribution in [0.4, 0.5) is 0 Å². The maximum Gasteiger partial charge on any atom is 0.220 e. The second kappa shape index (κ2) is 68.3. The summed E-state index contributed by atoms with van der Waals surface area (Å²) < 4.78 is 11.3. The van der Waals surface area contributed by atoms with Crippen LogP contribution in [0.1, 0.15) is 406 Å². The van der Waals surface area contributed by atoms with Crippen LogP contribution in [0.2, 0.25) is 0 Å². The highest BCUT2D eigenvalue weighted by Crippen LogP contribution is 2.24. The molecule has 0 saturated carbocycles. The van der Waals surface area contributed by atoms with Crippen LogP contribution in [-0.2, 0) is 14.3 Å². The summed E-state index contributed by atoms with van der Waals surface area (Å²) in [6, 6.07) is -0.805. The van der Waals surface area contributed by atoms with E-state index in [0.29, 0.717) is 6.42 Å². The first-order chi connectivity index (χ1) is 43.3. The smallest absolute Gasteiger partial charge is 0.220 e. The Morgan fingerprint density at radius 1 is 0.386 bits per heavy atom. The fraction of sp³-hybridized carbons (Fsp3) is 0.911. The van der Waals surface area contributed by atoms with Crippen LogP contribution in [0, 0.1) is 0 Å².